The number of halogens is 2. The van der Waals surface area contributed by atoms with Gasteiger partial charge in [0.05, 0.1) is 18.4 Å². The molecular formula is C22H19F2N5O2. The lowest BCUT2D eigenvalue weighted by molar-refractivity contribution is -0.118. The van der Waals surface area contributed by atoms with E-state index < -0.39 is 29.5 Å². The summed E-state index contributed by atoms with van der Waals surface area (Å²) in [5.41, 5.74) is 1.49. The van der Waals surface area contributed by atoms with Crippen LogP contribution in [0.2, 0.25) is 0 Å². The van der Waals surface area contributed by atoms with Crippen molar-refractivity contribution in [1.82, 2.24) is 20.3 Å². The van der Waals surface area contributed by atoms with Gasteiger partial charge in [0, 0.05) is 6.07 Å². The Labute approximate surface area is 176 Å². The minimum absolute atomic E-state index is 0.00920. The van der Waals surface area contributed by atoms with Crippen molar-refractivity contribution in [3.05, 3.63) is 77.1 Å². The van der Waals surface area contributed by atoms with E-state index in [1.807, 2.05) is 37.3 Å². The highest BCUT2D eigenvalue weighted by Gasteiger charge is 2.57. The third-order valence-corrected chi connectivity index (χ3v) is 6.05. The van der Waals surface area contributed by atoms with Gasteiger partial charge in [-0.2, -0.15) is 0 Å². The predicted octanol–water partition coefficient (Wildman–Crippen LogP) is 2.70. The van der Waals surface area contributed by atoms with Gasteiger partial charge in [-0.25, -0.2) is 13.5 Å². The lowest BCUT2D eigenvalue weighted by Crippen LogP contribution is -2.45. The van der Waals surface area contributed by atoms with Gasteiger partial charge in [-0.05, 0) is 34.9 Å². The molecule has 1 aliphatic carbocycles. The number of carbonyl (C=O) groups excluding carboxylic acids is 2. The maximum absolute atomic E-state index is 14.3. The van der Waals surface area contributed by atoms with Crippen molar-refractivity contribution in [2.75, 3.05) is 5.32 Å². The quantitative estimate of drug-likeness (QED) is 0.675. The lowest BCUT2D eigenvalue weighted by Gasteiger charge is -2.17. The topological polar surface area (TPSA) is 88.9 Å². The zero-order chi connectivity index (χ0) is 21.7. The first-order valence-corrected chi connectivity index (χ1v) is 9.97. The summed E-state index contributed by atoms with van der Waals surface area (Å²) in [4.78, 5) is 25.5. The van der Waals surface area contributed by atoms with Gasteiger partial charge in [0.2, 0.25) is 5.91 Å². The number of rotatable bonds is 4. The predicted molar refractivity (Wildman–Crippen MR) is 107 cm³/mol. The molecule has 1 aliphatic heterocycles. The molecule has 1 saturated carbocycles. The molecule has 4 atom stereocenters. The standard InChI is InChI=1S/C22H19F2N5O2/c1-11-17-14-7-13(23)8-15(24)19(14)25-22(31)20(18(11)17)26-21(30)16-10-29(28-27-16)9-12-5-3-2-4-6-12/h2-8,10-11,17-18,20H,9H2,1H3,(H,25,31)(H,26,30)/t11?,17?,18?,20-/m0/s1. The van der Waals surface area contributed by atoms with E-state index in [0.29, 0.717) is 12.1 Å². The molecule has 1 fully saturated rings. The molecule has 2 aliphatic rings. The monoisotopic (exact) mass is 423 g/mol. The molecule has 2 amide bonds. The molecule has 0 radical (unpaired) electrons. The second kappa shape index (κ2) is 7.26. The first kappa shape index (κ1) is 19.3. The van der Waals surface area contributed by atoms with E-state index in [2.05, 4.69) is 20.9 Å². The first-order valence-electron chi connectivity index (χ1n) is 9.97. The van der Waals surface area contributed by atoms with Crippen LogP contribution in [0.25, 0.3) is 0 Å². The Kier molecular flexibility index (Phi) is 4.53. The average Bonchev–Trinajstić information content (AvgIpc) is 3.20. The molecule has 2 N–H and O–H groups in total. The summed E-state index contributed by atoms with van der Waals surface area (Å²) < 4.78 is 29.6. The van der Waals surface area contributed by atoms with Crippen LogP contribution in [0.4, 0.5) is 14.5 Å². The van der Waals surface area contributed by atoms with Crippen LogP contribution in [-0.2, 0) is 11.3 Å². The molecule has 158 valence electrons. The lowest BCUT2D eigenvalue weighted by atomic mass is 10.0. The number of anilines is 1. The smallest absolute Gasteiger partial charge is 0.274 e. The molecule has 1 aromatic heterocycles. The van der Waals surface area contributed by atoms with Crippen LogP contribution in [0.3, 0.4) is 0 Å². The second-order valence-electron chi connectivity index (χ2n) is 8.04. The number of hydrogen-bond acceptors (Lipinski definition) is 4. The van der Waals surface area contributed by atoms with Crippen LogP contribution in [0.1, 0.15) is 34.5 Å². The van der Waals surface area contributed by atoms with Crippen LogP contribution >= 0.6 is 0 Å². The molecule has 2 heterocycles. The minimum Gasteiger partial charge on any atom is -0.338 e. The largest absolute Gasteiger partial charge is 0.338 e. The van der Waals surface area contributed by atoms with Gasteiger partial charge in [-0.3, -0.25) is 9.59 Å². The van der Waals surface area contributed by atoms with Gasteiger partial charge in [0.25, 0.3) is 5.91 Å². The highest BCUT2D eigenvalue weighted by Crippen LogP contribution is 2.59. The number of benzene rings is 2. The van der Waals surface area contributed by atoms with Crippen molar-refractivity contribution >= 4 is 17.5 Å². The molecule has 7 nitrogen and oxygen atoms in total. The van der Waals surface area contributed by atoms with Crippen LogP contribution in [0.15, 0.2) is 48.7 Å². The molecule has 9 heteroatoms. The fraction of sp³-hybridized carbons (Fsp3) is 0.273. The molecule has 5 rings (SSSR count). The first-order chi connectivity index (χ1) is 14.9. The van der Waals surface area contributed by atoms with Gasteiger partial charge in [0.15, 0.2) is 5.69 Å². The van der Waals surface area contributed by atoms with Crippen molar-refractivity contribution in [3.8, 4) is 0 Å². The minimum atomic E-state index is -0.887. The third kappa shape index (κ3) is 3.45. The van der Waals surface area contributed by atoms with E-state index >= 15 is 0 Å². The Morgan fingerprint density at radius 1 is 1.23 bits per heavy atom. The number of amides is 2. The normalized spacial score (nSPS) is 23.9. The zero-order valence-electron chi connectivity index (χ0n) is 16.5. The zero-order valence-corrected chi connectivity index (χ0v) is 16.5. The Morgan fingerprint density at radius 2 is 2.00 bits per heavy atom. The Balaban J connectivity index is 1.34. The third-order valence-electron chi connectivity index (χ3n) is 6.05. The number of carbonyl (C=O) groups is 2. The summed E-state index contributed by atoms with van der Waals surface area (Å²) in [7, 11) is 0. The summed E-state index contributed by atoms with van der Waals surface area (Å²) in [6.07, 6.45) is 1.51. The Bertz CT molecular complexity index is 1180. The summed E-state index contributed by atoms with van der Waals surface area (Å²) in [6, 6.07) is 10.7. The van der Waals surface area contributed by atoms with Crippen LogP contribution in [0, 0.1) is 23.5 Å². The second-order valence-corrected chi connectivity index (χ2v) is 8.04. The number of aromatic nitrogens is 3. The number of nitrogens with one attached hydrogen (secondary N) is 2. The maximum Gasteiger partial charge on any atom is 0.274 e. The van der Waals surface area contributed by atoms with Crippen molar-refractivity contribution in [2.24, 2.45) is 11.8 Å². The molecule has 0 spiro atoms. The maximum atomic E-state index is 14.3. The summed E-state index contributed by atoms with van der Waals surface area (Å²) in [5.74, 6) is -3.09. The van der Waals surface area contributed by atoms with E-state index in [4.69, 9.17) is 0 Å². The van der Waals surface area contributed by atoms with Crippen molar-refractivity contribution < 1.29 is 18.4 Å². The van der Waals surface area contributed by atoms with Crippen molar-refractivity contribution in [1.29, 1.82) is 0 Å². The average molecular weight is 423 g/mol. The molecule has 3 aromatic rings. The van der Waals surface area contributed by atoms with E-state index in [1.54, 1.807) is 0 Å². The molecule has 31 heavy (non-hydrogen) atoms. The van der Waals surface area contributed by atoms with Crippen molar-refractivity contribution in [2.45, 2.75) is 25.4 Å². The fourth-order valence-corrected chi connectivity index (χ4v) is 4.49. The van der Waals surface area contributed by atoms with Gasteiger partial charge in [-0.1, -0.05) is 42.5 Å². The summed E-state index contributed by atoms with van der Waals surface area (Å²) in [6.45, 7) is 2.35. The molecule has 3 unspecified atom stereocenters. The number of fused-ring (bicyclic) bond motifs is 3. The Morgan fingerprint density at radius 3 is 2.77 bits per heavy atom. The SMILES string of the molecule is CC1C2c3cc(F)cc(F)c3NC(=O)[C@@H](NC(=O)c3cn(Cc4ccccc4)nn3)C12. The summed E-state index contributed by atoms with van der Waals surface area (Å²) >= 11 is 0. The number of nitrogens with zero attached hydrogens (tertiary/aromatic N) is 3. The van der Waals surface area contributed by atoms with Crippen LogP contribution in [0.5, 0.6) is 0 Å². The van der Waals surface area contributed by atoms with E-state index in [0.717, 1.165) is 11.6 Å². The van der Waals surface area contributed by atoms with E-state index in [9.17, 15) is 18.4 Å². The molecule has 2 aromatic carbocycles. The molecular weight excluding hydrogens is 404 g/mol. The van der Waals surface area contributed by atoms with E-state index in [1.165, 1.54) is 16.9 Å². The van der Waals surface area contributed by atoms with Crippen LogP contribution in [-0.4, -0.2) is 32.9 Å². The van der Waals surface area contributed by atoms with E-state index in [-0.39, 0.29) is 29.1 Å². The highest BCUT2D eigenvalue weighted by molar-refractivity contribution is 6.02. The van der Waals surface area contributed by atoms with Gasteiger partial charge in [-0.15, -0.1) is 5.10 Å². The van der Waals surface area contributed by atoms with Crippen molar-refractivity contribution in [3.63, 3.8) is 0 Å². The van der Waals surface area contributed by atoms with Gasteiger partial charge in [0.1, 0.15) is 17.7 Å². The number of hydrogen-bond donors (Lipinski definition) is 2. The fourth-order valence-electron chi connectivity index (χ4n) is 4.49. The van der Waals surface area contributed by atoms with Gasteiger partial charge >= 0.3 is 0 Å². The van der Waals surface area contributed by atoms with Gasteiger partial charge < -0.3 is 10.6 Å². The van der Waals surface area contributed by atoms with Crippen LogP contribution < -0.4 is 10.6 Å². The molecule has 0 saturated heterocycles. The molecule has 0 bridgehead atoms. The summed E-state index contributed by atoms with van der Waals surface area (Å²) in [5, 5.41) is 13.1. The Hall–Kier alpha value is -3.62. The highest BCUT2D eigenvalue weighted by atomic mass is 19.1.